The molecule has 1 saturated carbocycles. The van der Waals surface area contributed by atoms with E-state index in [1.165, 1.54) is 12.8 Å². The number of aryl methyl sites for hydroxylation is 1. The molecule has 1 spiro atoms. The average molecular weight is 308 g/mol. The fraction of sp³-hybridized carbons (Fsp3) is 0.500. The maximum absolute atomic E-state index is 12.3. The summed E-state index contributed by atoms with van der Waals surface area (Å²) in [5.74, 6) is 0. The third-order valence-corrected chi connectivity index (χ3v) is 5.50. The van der Waals surface area contributed by atoms with E-state index in [-0.39, 0.29) is 11.1 Å². The minimum Gasteiger partial charge on any atom is -0.370 e. The smallest absolute Gasteiger partial charge is 0.268 e. The zero-order chi connectivity index (χ0) is 16.0. The number of aromatic amines is 1. The Morgan fingerprint density at radius 3 is 2.70 bits per heavy atom. The van der Waals surface area contributed by atoms with Crippen LogP contribution in [0.25, 0.3) is 10.9 Å². The fourth-order valence-corrected chi connectivity index (χ4v) is 3.73. The maximum Gasteiger partial charge on any atom is 0.268 e. The summed E-state index contributed by atoms with van der Waals surface area (Å²) in [5.41, 5.74) is 2.98. The van der Waals surface area contributed by atoms with Crippen LogP contribution in [0.1, 0.15) is 43.9 Å². The Morgan fingerprint density at radius 1 is 1.35 bits per heavy atom. The van der Waals surface area contributed by atoms with E-state index in [0.717, 1.165) is 49.1 Å². The molecule has 5 heteroatoms. The number of pyridine rings is 2. The van der Waals surface area contributed by atoms with E-state index in [0.29, 0.717) is 10.9 Å². The molecular formula is C18H20N4O. The number of nitrogens with one attached hydrogen (secondary N) is 1. The number of aromatic nitrogens is 2. The van der Waals surface area contributed by atoms with Crippen LogP contribution in [0.3, 0.4) is 0 Å². The molecule has 23 heavy (non-hydrogen) atoms. The highest BCUT2D eigenvalue weighted by Crippen LogP contribution is 2.54. The lowest BCUT2D eigenvalue weighted by atomic mass is 9.92. The minimum atomic E-state index is -0.312. The van der Waals surface area contributed by atoms with Gasteiger partial charge in [-0.05, 0) is 43.6 Å². The SMILES string of the molecule is CCc1cc2c(N3CCC4(CC3)CC4)c(C#N)c(=O)[nH]c2cn1. The molecule has 1 aliphatic carbocycles. The highest BCUT2D eigenvalue weighted by Gasteiger charge is 2.44. The molecule has 3 heterocycles. The van der Waals surface area contributed by atoms with Gasteiger partial charge in [0.1, 0.15) is 11.6 Å². The molecule has 118 valence electrons. The van der Waals surface area contributed by atoms with Crippen LogP contribution in [0, 0.1) is 16.7 Å². The van der Waals surface area contributed by atoms with Crippen LogP contribution in [-0.4, -0.2) is 23.1 Å². The van der Waals surface area contributed by atoms with Gasteiger partial charge in [-0.25, -0.2) is 0 Å². The molecular weight excluding hydrogens is 288 g/mol. The van der Waals surface area contributed by atoms with Crippen molar-refractivity contribution in [2.24, 2.45) is 5.41 Å². The molecule has 0 atom stereocenters. The van der Waals surface area contributed by atoms with E-state index in [1.807, 2.05) is 6.07 Å². The summed E-state index contributed by atoms with van der Waals surface area (Å²) >= 11 is 0. The lowest BCUT2D eigenvalue weighted by Gasteiger charge is -2.34. The molecule has 1 aliphatic heterocycles. The van der Waals surface area contributed by atoms with Crippen molar-refractivity contribution in [3.05, 3.63) is 33.9 Å². The number of nitriles is 1. The molecule has 2 aromatic heterocycles. The number of hydrogen-bond donors (Lipinski definition) is 1. The van der Waals surface area contributed by atoms with Crippen molar-refractivity contribution in [2.45, 2.75) is 39.0 Å². The first-order chi connectivity index (χ1) is 11.2. The first kappa shape index (κ1) is 14.3. The van der Waals surface area contributed by atoms with E-state index < -0.39 is 0 Å². The van der Waals surface area contributed by atoms with Crippen LogP contribution < -0.4 is 10.5 Å². The van der Waals surface area contributed by atoms with Gasteiger partial charge in [-0.2, -0.15) is 5.26 Å². The standard InChI is InChI=1S/C18H20N4O/c1-2-12-9-13-15(11-20-12)21-17(23)14(10-19)16(13)22-7-5-18(3-4-18)6-8-22/h9,11H,2-8H2,1H3,(H,21,23). The van der Waals surface area contributed by atoms with E-state index in [4.69, 9.17) is 0 Å². The number of piperidine rings is 1. The third-order valence-electron chi connectivity index (χ3n) is 5.50. The topological polar surface area (TPSA) is 72.8 Å². The molecule has 1 N–H and O–H groups in total. The summed E-state index contributed by atoms with van der Waals surface area (Å²) in [5, 5.41) is 10.5. The van der Waals surface area contributed by atoms with Gasteiger partial charge < -0.3 is 9.88 Å². The van der Waals surface area contributed by atoms with Crippen molar-refractivity contribution >= 4 is 16.6 Å². The minimum absolute atomic E-state index is 0.234. The summed E-state index contributed by atoms with van der Waals surface area (Å²) in [4.78, 5) is 21.7. The molecule has 2 aliphatic rings. The molecule has 0 bridgehead atoms. The molecule has 2 fully saturated rings. The van der Waals surface area contributed by atoms with E-state index in [1.54, 1.807) is 6.20 Å². The average Bonchev–Trinajstić information content (AvgIpc) is 3.33. The second kappa shape index (κ2) is 5.09. The molecule has 2 aromatic rings. The van der Waals surface area contributed by atoms with Crippen molar-refractivity contribution in [1.82, 2.24) is 9.97 Å². The molecule has 1 saturated heterocycles. The van der Waals surface area contributed by atoms with Crippen LogP contribution in [0.5, 0.6) is 0 Å². The van der Waals surface area contributed by atoms with Crippen molar-refractivity contribution in [3.63, 3.8) is 0 Å². The predicted octanol–water partition coefficient (Wildman–Crippen LogP) is 2.74. The Hall–Kier alpha value is -2.35. The van der Waals surface area contributed by atoms with Gasteiger partial charge in [0.15, 0.2) is 0 Å². The number of hydrogen-bond acceptors (Lipinski definition) is 4. The van der Waals surface area contributed by atoms with Crippen LogP contribution in [0.15, 0.2) is 17.1 Å². The molecule has 0 unspecified atom stereocenters. The molecule has 4 rings (SSSR count). The highest BCUT2D eigenvalue weighted by molar-refractivity contribution is 5.94. The monoisotopic (exact) mass is 308 g/mol. The maximum atomic E-state index is 12.3. The van der Waals surface area contributed by atoms with Gasteiger partial charge in [-0.1, -0.05) is 6.92 Å². The summed E-state index contributed by atoms with van der Waals surface area (Å²) in [7, 11) is 0. The van der Waals surface area contributed by atoms with E-state index >= 15 is 0 Å². The molecule has 5 nitrogen and oxygen atoms in total. The Bertz CT molecular complexity index is 863. The van der Waals surface area contributed by atoms with Crippen LogP contribution in [-0.2, 0) is 6.42 Å². The van der Waals surface area contributed by atoms with Gasteiger partial charge in [0.05, 0.1) is 17.4 Å². The number of nitrogens with zero attached hydrogens (tertiary/aromatic N) is 3. The second-order valence-electron chi connectivity index (χ2n) is 6.85. The Labute approximate surface area is 135 Å². The van der Waals surface area contributed by atoms with E-state index in [9.17, 15) is 10.1 Å². The number of fused-ring (bicyclic) bond motifs is 1. The summed E-state index contributed by atoms with van der Waals surface area (Å²) in [6.45, 7) is 3.91. The van der Waals surface area contributed by atoms with Gasteiger partial charge in [0.2, 0.25) is 0 Å². The van der Waals surface area contributed by atoms with Crippen molar-refractivity contribution in [3.8, 4) is 6.07 Å². The lowest BCUT2D eigenvalue weighted by molar-refractivity contribution is 0.385. The van der Waals surface area contributed by atoms with Gasteiger partial charge in [-0.3, -0.25) is 9.78 Å². The summed E-state index contributed by atoms with van der Waals surface area (Å²) in [6.07, 6.45) is 7.56. The van der Waals surface area contributed by atoms with Gasteiger partial charge in [-0.15, -0.1) is 0 Å². The third kappa shape index (κ3) is 2.29. The Morgan fingerprint density at radius 2 is 2.09 bits per heavy atom. The predicted molar refractivity (Wildman–Crippen MR) is 89.6 cm³/mol. The van der Waals surface area contributed by atoms with Crippen molar-refractivity contribution < 1.29 is 0 Å². The summed E-state index contributed by atoms with van der Waals surface area (Å²) in [6, 6.07) is 4.14. The zero-order valence-corrected chi connectivity index (χ0v) is 13.4. The number of anilines is 1. The van der Waals surface area contributed by atoms with Gasteiger partial charge in [0, 0.05) is 24.2 Å². The van der Waals surface area contributed by atoms with E-state index in [2.05, 4.69) is 27.9 Å². The van der Waals surface area contributed by atoms with Crippen LogP contribution >= 0.6 is 0 Å². The Kier molecular flexibility index (Phi) is 3.15. The largest absolute Gasteiger partial charge is 0.370 e. The quantitative estimate of drug-likeness (QED) is 0.926. The van der Waals surface area contributed by atoms with Gasteiger partial charge >= 0.3 is 0 Å². The molecule has 0 amide bonds. The van der Waals surface area contributed by atoms with Gasteiger partial charge in [0.25, 0.3) is 5.56 Å². The normalized spacial score (nSPS) is 19.0. The Balaban J connectivity index is 1.88. The summed E-state index contributed by atoms with van der Waals surface area (Å²) < 4.78 is 0. The molecule has 0 aromatic carbocycles. The first-order valence-corrected chi connectivity index (χ1v) is 8.36. The lowest BCUT2D eigenvalue weighted by Crippen LogP contribution is -2.36. The highest BCUT2D eigenvalue weighted by atomic mass is 16.1. The fourth-order valence-electron chi connectivity index (χ4n) is 3.73. The first-order valence-electron chi connectivity index (χ1n) is 8.36. The van der Waals surface area contributed by atoms with Crippen LogP contribution in [0.4, 0.5) is 5.69 Å². The molecule has 0 radical (unpaired) electrons. The van der Waals surface area contributed by atoms with Crippen LogP contribution in [0.2, 0.25) is 0 Å². The zero-order valence-electron chi connectivity index (χ0n) is 13.4. The number of rotatable bonds is 2. The van der Waals surface area contributed by atoms with Crippen molar-refractivity contribution in [1.29, 1.82) is 5.26 Å². The number of H-pyrrole nitrogens is 1. The second-order valence-corrected chi connectivity index (χ2v) is 6.85. The van der Waals surface area contributed by atoms with Crippen molar-refractivity contribution in [2.75, 3.05) is 18.0 Å².